The smallest absolute Gasteiger partial charge is 0.307 e. The van der Waals surface area contributed by atoms with Crippen molar-refractivity contribution in [2.75, 3.05) is 26.4 Å². The van der Waals surface area contributed by atoms with Crippen molar-refractivity contribution in [2.24, 2.45) is 5.92 Å². The highest BCUT2D eigenvalue weighted by molar-refractivity contribution is 5.77. The highest BCUT2D eigenvalue weighted by Crippen LogP contribution is 2.29. The molecule has 0 aliphatic carbocycles. The average Bonchev–Trinajstić information content (AvgIpc) is 3.27. The Morgan fingerprint density at radius 2 is 1.68 bits per heavy atom. The lowest BCUT2D eigenvalue weighted by molar-refractivity contribution is -0.148. The molecule has 0 aromatic heterocycles. The second-order valence-electron chi connectivity index (χ2n) is 5.70. The van der Waals surface area contributed by atoms with Crippen LogP contribution in [0.15, 0.2) is 0 Å². The van der Waals surface area contributed by atoms with Crippen molar-refractivity contribution >= 4 is 11.9 Å². The Hall–Kier alpha value is -1.22. The fourth-order valence-electron chi connectivity index (χ4n) is 1.90. The summed E-state index contributed by atoms with van der Waals surface area (Å²) in [4.78, 5) is 20.9. The van der Waals surface area contributed by atoms with Crippen molar-refractivity contribution in [2.45, 2.75) is 44.2 Å². The van der Waals surface area contributed by atoms with Gasteiger partial charge in [-0.2, -0.15) is 0 Å². The van der Waals surface area contributed by atoms with E-state index in [4.69, 9.17) is 29.2 Å². The standard InChI is InChI=1S/C8H12O5.C6H10O3/c1-4-6(13-4)2-5(8(11)12)3-7(9)10;1(5-3-8-5)7-2-6-4-9-6/h4-6H,2-3H2,1H3,(H,9,10)(H,11,12);5-6H,1-4H2. The molecule has 0 aromatic carbocycles. The summed E-state index contributed by atoms with van der Waals surface area (Å²) >= 11 is 0. The molecule has 0 bridgehead atoms. The quantitative estimate of drug-likeness (QED) is 0.576. The van der Waals surface area contributed by atoms with Crippen molar-refractivity contribution in [3.05, 3.63) is 0 Å². The normalized spacial score (nSPS) is 32.4. The van der Waals surface area contributed by atoms with Gasteiger partial charge in [-0.3, -0.25) is 9.59 Å². The fraction of sp³-hybridized carbons (Fsp3) is 0.857. The van der Waals surface area contributed by atoms with Gasteiger partial charge in [0.25, 0.3) is 0 Å². The van der Waals surface area contributed by atoms with Crippen LogP contribution in [0.1, 0.15) is 19.8 Å². The van der Waals surface area contributed by atoms with E-state index < -0.39 is 17.9 Å². The molecule has 5 unspecified atom stereocenters. The van der Waals surface area contributed by atoms with E-state index in [1.165, 1.54) is 0 Å². The largest absolute Gasteiger partial charge is 0.481 e. The van der Waals surface area contributed by atoms with Crippen LogP contribution in [0.3, 0.4) is 0 Å². The van der Waals surface area contributed by atoms with E-state index in [0.29, 0.717) is 18.6 Å². The summed E-state index contributed by atoms with van der Waals surface area (Å²) in [6, 6.07) is 0. The zero-order chi connectivity index (χ0) is 16.1. The van der Waals surface area contributed by atoms with Crippen LogP contribution in [0.5, 0.6) is 0 Å². The summed E-state index contributed by atoms with van der Waals surface area (Å²) in [6.45, 7) is 5.10. The summed E-state index contributed by atoms with van der Waals surface area (Å²) in [6.07, 6.45) is 0.758. The molecule has 3 fully saturated rings. The van der Waals surface area contributed by atoms with Crippen molar-refractivity contribution in [3.8, 4) is 0 Å². The minimum Gasteiger partial charge on any atom is -0.481 e. The molecule has 0 aromatic rings. The molecule has 2 N–H and O–H groups in total. The Morgan fingerprint density at radius 1 is 1.18 bits per heavy atom. The molecule has 3 rings (SSSR count). The number of hydrogen-bond acceptors (Lipinski definition) is 6. The number of epoxide rings is 3. The minimum atomic E-state index is -1.08. The number of rotatable bonds is 9. The molecule has 8 nitrogen and oxygen atoms in total. The zero-order valence-electron chi connectivity index (χ0n) is 12.5. The second-order valence-corrected chi connectivity index (χ2v) is 5.70. The average molecular weight is 318 g/mol. The molecule has 22 heavy (non-hydrogen) atoms. The lowest BCUT2D eigenvalue weighted by Crippen LogP contribution is -2.20. The van der Waals surface area contributed by atoms with Crippen LogP contribution in [0, 0.1) is 5.92 Å². The third-order valence-corrected chi connectivity index (χ3v) is 3.54. The van der Waals surface area contributed by atoms with Gasteiger partial charge >= 0.3 is 11.9 Å². The highest BCUT2D eigenvalue weighted by Gasteiger charge is 2.38. The van der Waals surface area contributed by atoms with Gasteiger partial charge in [-0.25, -0.2) is 0 Å². The first kappa shape index (κ1) is 17.1. The van der Waals surface area contributed by atoms with Crippen molar-refractivity contribution < 1.29 is 38.7 Å². The minimum absolute atomic E-state index is 0.0690. The van der Waals surface area contributed by atoms with Gasteiger partial charge < -0.3 is 29.2 Å². The number of hydrogen-bond donors (Lipinski definition) is 2. The Labute approximate surface area is 128 Å². The van der Waals surface area contributed by atoms with Gasteiger partial charge in [0.2, 0.25) is 0 Å². The van der Waals surface area contributed by atoms with Crippen LogP contribution in [0.25, 0.3) is 0 Å². The van der Waals surface area contributed by atoms with Gasteiger partial charge in [0.1, 0.15) is 12.2 Å². The molecule has 0 radical (unpaired) electrons. The molecule has 8 heteroatoms. The van der Waals surface area contributed by atoms with Gasteiger partial charge in [0.05, 0.1) is 51.0 Å². The number of carboxylic acids is 2. The molecular weight excluding hydrogens is 296 g/mol. The van der Waals surface area contributed by atoms with E-state index in [2.05, 4.69) is 0 Å². The predicted molar refractivity (Wildman–Crippen MR) is 72.6 cm³/mol. The molecule has 3 heterocycles. The summed E-state index contributed by atoms with van der Waals surface area (Å²) in [5.74, 6) is -2.97. The molecule has 3 aliphatic heterocycles. The molecule has 3 aliphatic rings. The number of ether oxygens (including phenoxy) is 4. The second kappa shape index (κ2) is 7.87. The third-order valence-electron chi connectivity index (χ3n) is 3.54. The maximum atomic E-state index is 10.6. The Bertz CT molecular complexity index is 378. The molecule has 3 saturated heterocycles. The van der Waals surface area contributed by atoms with Crippen molar-refractivity contribution in [1.29, 1.82) is 0 Å². The third kappa shape index (κ3) is 7.17. The first-order chi connectivity index (χ1) is 10.5. The molecular formula is C14H22O8. The predicted octanol–water partition coefficient (Wildman–Crippen LogP) is 0.140. The Kier molecular flexibility index (Phi) is 6.13. The van der Waals surface area contributed by atoms with Crippen LogP contribution < -0.4 is 0 Å². The van der Waals surface area contributed by atoms with E-state index in [0.717, 1.165) is 26.4 Å². The van der Waals surface area contributed by atoms with E-state index in [-0.39, 0.29) is 18.6 Å². The van der Waals surface area contributed by atoms with Gasteiger partial charge in [-0.05, 0) is 13.3 Å². The van der Waals surface area contributed by atoms with Crippen LogP contribution in [-0.2, 0) is 28.5 Å². The van der Waals surface area contributed by atoms with E-state index >= 15 is 0 Å². The van der Waals surface area contributed by atoms with Crippen LogP contribution in [0.4, 0.5) is 0 Å². The Balaban J connectivity index is 0.000000170. The van der Waals surface area contributed by atoms with Crippen molar-refractivity contribution in [3.63, 3.8) is 0 Å². The van der Waals surface area contributed by atoms with Crippen LogP contribution >= 0.6 is 0 Å². The van der Waals surface area contributed by atoms with E-state index in [9.17, 15) is 9.59 Å². The van der Waals surface area contributed by atoms with E-state index in [1.54, 1.807) is 0 Å². The molecule has 0 spiro atoms. The van der Waals surface area contributed by atoms with Gasteiger partial charge in [0, 0.05) is 0 Å². The number of aliphatic carboxylic acids is 2. The molecule has 5 atom stereocenters. The molecule has 0 saturated carbocycles. The maximum Gasteiger partial charge on any atom is 0.307 e. The monoisotopic (exact) mass is 318 g/mol. The molecule has 0 amide bonds. The van der Waals surface area contributed by atoms with Crippen LogP contribution in [0.2, 0.25) is 0 Å². The van der Waals surface area contributed by atoms with Crippen molar-refractivity contribution in [1.82, 2.24) is 0 Å². The first-order valence-corrected chi connectivity index (χ1v) is 7.36. The zero-order valence-corrected chi connectivity index (χ0v) is 12.5. The molecule has 126 valence electrons. The highest BCUT2D eigenvalue weighted by atomic mass is 16.6. The fourth-order valence-corrected chi connectivity index (χ4v) is 1.90. The van der Waals surface area contributed by atoms with Gasteiger partial charge in [0.15, 0.2) is 0 Å². The SMILES string of the molecule is C(OCC1CO1)C1CO1.CC1OC1CC(CC(=O)O)C(=O)O. The van der Waals surface area contributed by atoms with Gasteiger partial charge in [-0.1, -0.05) is 0 Å². The summed E-state index contributed by atoms with van der Waals surface area (Å²) < 4.78 is 20.1. The van der Waals surface area contributed by atoms with Crippen LogP contribution in [-0.4, -0.2) is 73.0 Å². The number of carboxylic acid groups (broad SMARTS) is 2. The summed E-state index contributed by atoms with van der Waals surface area (Å²) in [5, 5.41) is 17.1. The Morgan fingerprint density at radius 3 is 2.00 bits per heavy atom. The maximum absolute atomic E-state index is 10.6. The van der Waals surface area contributed by atoms with E-state index in [1.807, 2.05) is 6.92 Å². The van der Waals surface area contributed by atoms with Gasteiger partial charge in [-0.15, -0.1) is 0 Å². The summed E-state index contributed by atoms with van der Waals surface area (Å²) in [7, 11) is 0. The summed E-state index contributed by atoms with van der Waals surface area (Å²) in [5.41, 5.74) is 0. The number of carbonyl (C=O) groups is 2. The first-order valence-electron chi connectivity index (χ1n) is 7.36. The topological polar surface area (TPSA) is 121 Å². The lowest BCUT2D eigenvalue weighted by Gasteiger charge is -2.06. The lowest BCUT2D eigenvalue weighted by atomic mass is 9.99.